The molecule has 0 aliphatic heterocycles. The predicted octanol–water partition coefficient (Wildman–Crippen LogP) is 2.48. The number of halogens is 1. The van der Waals surface area contributed by atoms with Crippen molar-refractivity contribution in [3.63, 3.8) is 0 Å². The van der Waals surface area contributed by atoms with Gasteiger partial charge in [0.15, 0.2) is 0 Å². The summed E-state index contributed by atoms with van der Waals surface area (Å²) in [6.07, 6.45) is 9.41. The second kappa shape index (κ2) is 4.53. The van der Waals surface area contributed by atoms with Gasteiger partial charge in [-0.3, -0.25) is 4.98 Å². The van der Waals surface area contributed by atoms with Crippen LogP contribution in [-0.2, 0) is 6.54 Å². The van der Waals surface area contributed by atoms with Gasteiger partial charge in [0.1, 0.15) is 5.82 Å². The molecule has 1 saturated carbocycles. The second-order valence-electron chi connectivity index (χ2n) is 4.99. The first-order valence-corrected chi connectivity index (χ1v) is 6.23. The molecule has 2 N–H and O–H groups in total. The van der Waals surface area contributed by atoms with Crippen LogP contribution < -0.4 is 5.73 Å². The number of aromatic nitrogens is 2. The third-order valence-electron chi connectivity index (χ3n) is 3.41. The molecule has 0 saturated heterocycles. The summed E-state index contributed by atoms with van der Waals surface area (Å²) in [4.78, 5) is 3.85. The van der Waals surface area contributed by atoms with E-state index in [0.29, 0.717) is 12.5 Å². The maximum atomic E-state index is 13.0. The fourth-order valence-corrected chi connectivity index (χ4v) is 2.24. The Kier molecular flexibility index (Phi) is 2.88. The van der Waals surface area contributed by atoms with Crippen LogP contribution in [0.3, 0.4) is 0 Å². The van der Waals surface area contributed by atoms with Crippen molar-refractivity contribution in [2.75, 3.05) is 0 Å². The van der Waals surface area contributed by atoms with E-state index in [4.69, 9.17) is 5.73 Å². The first-order chi connectivity index (χ1) is 8.72. The SMILES string of the molecule is NC(c1ccn(Cc2cncc(F)c2)c1)C1CC1. The molecule has 1 aliphatic carbocycles. The van der Waals surface area contributed by atoms with Crippen LogP contribution in [0.2, 0.25) is 0 Å². The molecule has 18 heavy (non-hydrogen) atoms. The molecule has 3 rings (SSSR count). The van der Waals surface area contributed by atoms with Crippen LogP contribution >= 0.6 is 0 Å². The maximum absolute atomic E-state index is 13.0. The lowest BCUT2D eigenvalue weighted by Crippen LogP contribution is -2.11. The summed E-state index contributed by atoms with van der Waals surface area (Å²) >= 11 is 0. The van der Waals surface area contributed by atoms with Crippen LogP contribution in [0.1, 0.15) is 30.0 Å². The molecule has 1 atom stereocenters. The topological polar surface area (TPSA) is 43.8 Å². The average molecular weight is 245 g/mol. The van der Waals surface area contributed by atoms with Crippen LogP contribution in [0, 0.1) is 11.7 Å². The van der Waals surface area contributed by atoms with E-state index in [1.807, 2.05) is 17.0 Å². The van der Waals surface area contributed by atoms with E-state index in [9.17, 15) is 4.39 Å². The lowest BCUT2D eigenvalue weighted by Gasteiger charge is -2.07. The zero-order chi connectivity index (χ0) is 12.5. The molecule has 0 amide bonds. The van der Waals surface area contributed by atoms with Crippen molar-refractivity contribution in [1.82, 2.24) is 9.55 Å². The second-order valence-corrected chi connectivity index (χ2v) is 4.99. The van der Waals surface area contributed by atoms with E-state index >= 15 is 0 Å². The number of nitrogens with two attached hydrogens (primary N) is 1. The molecular weight excluding hydrogens is 229 g/mol. The van der Waals surface area contributed by atoms with Gasteiger partial charge in [-0.15, -0.1) is 0 Å². The Morgan fingerprint density at radius 2 is 2.28 bits per heavy atom. The summed E-state index contributed by atoms with van der Waals surface area (Å²) in [5, 5.41) is 0. The van der Waals surface area contributed by atoms with Crippen molar-refractivity contribution >= 4 is 0 Å². The highest BCUT2D eigenvalue weighted by molar-refractivity contribution is 5.19. The van der Waals surface area contributed by atoms with Gasteiger partial charge in [-0.2, -0.15) is 0 Å². The van der Waals surface area contributed by atoms with E-state index in [1.54, 1.807) is 6.20 Å². The Balaban J connectivity index is 1.73. The highest BCUT2D eigenvalue weighted by Crippen LogP contribution is 2.39. The van der Waals surface area contributed by atoms with E-state index < -0.39 is 0 Å². The van der Waals surface area contributed by atoms with Gasteiger partial charge in [0.25, 0.3) is 0 Å². The molecule has 94 valence electrons. The monoisotopic (exact) mass is 245 g/mol. The predicted molar refractivity (Wildman–Crippen MR) is 67.4 cm³/mol. The van der Waals surface area contributed by atoms with E-state index in [1.165, 1.54) is 30.7 Å². The Morgan fingerprint density at radius 1 is 1.44 bits per heavy atom. The molecule has 1 unspecified atom stereocenters. The number of rotatable bonds is 4. The van der Waals surface area contributed by atoms with Crippen LogP contribution in [0.25, 0.3) is 0 Å². The zero-order valence-electron chi connectivity index (χ0n) is 10.1. The van der Waals surface area contributed by atoms with Gasteiger partial charge in [0, 0.05) is 31.2 Å². The van der Waals surface area contributed by atoms with Crippen molar-refractivity contribution in [3.05, 3.63) is 53.9 Å². The van der Waals surface area contributed by atoms with E-state index in [2.05, 4.69) is 11.1 Å². The average Bonchev–Trinajstić information content (AvgIpc) is 3.09. The summed E-state index contributed by atoms with van der Waals surface area (Å²) in [6, 6.07) is 3.71. The molecule has 0 bridgehead atoms. The van der Waals surface area contributed by atoms with E-state index in [0.717, 1.165) is 5.56 Å². The van der Waals surface area contributed by atoms with Crippen LogP contribution in [0.15, 0.2) is 36.9 Å². The van der Waals surface area contributed by atoms with E-state index in [-0.39, 0.29) is 11.9 Å². The molecule has 4 heteroatoms. The van der Waals surface area contributed by atoms with Gasteiger partial charge in [-0.1, -0.05) is 0 Å². The smallest absolute Gasteiger partial charge is 0.141 e. The van der Waals surface area contributed by atoms with Gasteiger partial charge in [-0.25, -0.2) is 4.39 Å². The molecule has 0 spiro atoms. The van der Waals surface area contributed by atoms with Gasteiger partial charge in [0.2, 0.25) is 0 Å². The summed E-state index contributed by atoms with van der Waals surface area (Å²) in [6.45, 7) is 0.627. The fraction of sp³-hybridized carbons (Fsp3) is 0.357. The van der Waals surface area contributed by atoms with Gasteiger partial charge < -0.3 is 10.3 Å². The minimum Gasteiger partial charge on any atom is -0.350 e. The molecule has 0 aromatic carbocycles. The number of hydrogen-bond acceptors (Lipinski definition) is 2. The summed E-state index contributed by atoms with van der Waals surface area (Å²) < 4.78 is 15.0. The first-order valence-electron chi connectivity index (χ1n) is 6.23. The molecule has 0 radical (unpaired) electrons. The largest absolute Gasteiger partial charge is 0.350 e. The molecule has 1 aliphatic rings. The number of pyridine rings is 1. The number of hydrogen-bond donors (Lipinski definition) is 1. The van der Waals surface area contributed by atoms with Crippen molar-refractivity contribution in [3.8, 4) is 0 Å². The minimum atomic E-state index is -0.297. The van der Waals surface area contributed by atoms with Crippen molar-refractivity contribution in [2.45, 2.75) is 25.4 Å². The fourth-order valence-electron chi connectivity index (χ4n) is 2.24. The Hall–Kier alpha value is -1.68. The highest BCUT2D eigenvalue weighted by Gasteiger charge is 2.29. The minimum absolute atomic E-state index is 0.150. The van der Waals surface area contributed by atoms with Crippen LogP contribution in [0.4, 0.5) is 4.39 Å². The zero-order valence-corrected chi connectivity index (χ0v) is 10.1. The Labute approximate surface area is 105 Å². The first kappa shape index (κ1) is 11.4. The third-order valence-corrected chi connectivity index (χ3v) is 3.41. The lowest BCUT2D eigenvalue weighted by molar-refractivity contribution is 0.615. The summed E-state index contributed by atoms with van der Waals surface area (Å²) in [7, 11) is 0. The van der Waals surface area contributed by atoms with Gasteiger partial charge >= 0.3 is 0 Å². The van der Waals surface area contributed by atoms with Crippen LogP contribution in [-0.4, -0.2) is 9.55 Å². The van der Waals surface area contributed by atoms with Crippen molar-refractivity contribution in [2.24, 2.45) is 11.7 Å². The quantitative estimate of drug-likeness (QED) is 0.899. The summed E-state index contributed by atoms with van der Waals surface area (Å²) in [5.41, 5.74) is 8.17. The Bertz CT molecular complexity index is 545. The molecule has 2 aromatic rings. The third kappa shape index (κ3) is 2.43. The molecule has 2 aromatic heterocycles. The lowest BCUT2D eigenvalue weighted by atomic mass is 10.1. The summed E-state index contributed by atoms with van der Waals surface area (Å²) in [5.74, 6) is 0.353. The normalized spacial score (nSPS) is 16.8. The molecule has 2 heterocycles. The Morgan fingerprint density at radius 3 is 3.00 bits per heavy atom. The van der Waals surface area contributed by atoms with Crippen molar-refractivity contribution < 1.29 is 4.39 Å². The molecule has 3 nitrogen and oxygen atoms in total. The van der Waals surface area contributed by atoms with Gasteiger partial charge in [-0.05, 0) is 42.0 Å². The standard InChI is InChI=1S/C14H16FN3/c15-13-5-10(6-17-7-13)8-18-4-3-12(9-18)14(16)11-1-2-11/h3-7,9,11,14H,1-2,8,16H2. The van der Waals surface area contributed by atoms with Gasteiger partial charge in [0.05, 0.1) is 6.20 Å². The molecular formula is C14H16FN3. The maximum Gasteiger partial charge on any atom is 0.141 e. The molecule has 1 fully saturated rings. The number of nitrogens with zero attached hydrogens (tertiary/aromatic N) is 2. The highest BCUT2D eigenvalue weighted by atomic mass is 19.1. The van der Waals surface area contributed by atoms with Crippen molar-refractivity contribution in [1.29, 1.82) is 0 Å². The van der Waals surface area contributed by atoms with Crippen LogP contribution in [0.5, 0.6) is 0 Å².